The largest absolute Gasteiger partial charge is 0.493 e. The third-order valence-electron chi connectivity index (χ3n) is 2.64. The van der Waals surface area contributed by atoms with Crippen LogP contribution in [-0.4, -0.2) is 26.2 Å². The summed E-state index contributed by atoms with van der Waals surface area (Å²) >= 11 is 0. The van der Waals surface area contributed by atoms with Gasteiger partial charge < -0.3 is 14.8 Å². The van der Waals surface area contributed by atoms with E-state index in [9.17, 15) is 4.79 Å². The van der Waals surface area contributed by atoms with Gasteiger partial charge in [0.2, 0.25) is 0 Å². The fourth-order valence-electron chi connectivity index (χ4n) is 1.47. The van der Waals surface area contributed by atoms with E-state index in [4.69, 9.17) is 9.47 Å². The summed E-state index contributed by atoms with van der Waals surface area (Å²) in [7, 11) is 3.08. The summed E-state index contributed by atoms with van der Waals surface area (Å²) in [5.74, 6) is 0.884. The van der Waals surface area contributed by atoms with Crippen molar-refractivity contribution in [1.29, 1.82) is 0 Å². The average Bonchev–Trinajstić information content (AvgIpc) is 2.37. The maximum Gasteiger partial charge on any atom is 0.255 e. The minimum absolute atomic E-state index is 0.137. The van der Waals surface area contributed by atoms with Gasteiger partial charge in [0.05, 0.1) is 19.8 Å². The van der Waals surface area contributed by atoms with Crippen molar-refractivity contribution in [3.05, 3.63) is 23.8 Å². The van der Waals surface area contributed by atoms with Gasteiger partial charge in [-0.2, -0.15) is 0 Å². The monoisotopic (exact) mass is 237 g/mol. The molecule has 0 heterocycles. The van der Waals surface area contributed by atoms with Crippen LogP contribution in [0.3, 0.4) is 0 Å². The third-order valence-corrected chi connectivity index (χ3v) is 2.64. The van der Waals surface area contributed by atoms with Crippen LogP contribution in [0.25, 0.3) is 0 Å². The van der Waals surface area contributed by atoms with Gasteiger partial charge in [-0.3, -0.25) is 4.79 Å². The highest BCUT2D eigenvalue weighted by molar-refractivity contribution is 5.97. The van der Waals surface area contributed by atoms with Crippen molar-refractivity contribution in [2.75, 3.05) is 14.2 Å². The lowest BCUT2D eigenvalue weighted by Gasteiger charge is -2.15. The first-order valence-electron chi connectivity index (χ1n) is 5.65. The normalized spacial score (nSPS) is 11.8. The smallest absolute Gasteiger partial charge is 0.255 e. The van der Waals surface area contributed by atoms with Crippen molar-refractivity contribution in [1.82, 2.24) is 5.32 Å². The van der Waals surface area contributed by atoms with E-state index in [0.29, 0.717) is 17.1 Å². The van der Waals surface area contributed by atoms with Crippen LogP contribution in [0, 0.1) is 0 Å². The zero-order valence-electron chi connectivity index (χ0n) is 10.7. The maximum atomic E-state index is 12.0. The van der Waals surface area contributed by atoms with E-state index in [2.05, 4.69) is 5.32 Å². The summed E-state index contributed by atoms with van der Waals surface area (Å²) in [6, 6.07) is 5.39. The molecule has 1 atom stereocenters. The Morgan fingerprint density at radius 3 is 2.59 bits per heavy atom. The first-order chi connectivity index (χ1) is 8.13. The molecule has 0 spiro atoms. The van der Waals surface area contributed by atoms with Crippen molar-refractivity contribution in [3.63, 3.8) is 0 Å². The summed E-state index contributed by atoms with van der Waals surface area (Å²) in [6.45, 7) is 3.98. The van der Waals surface area contributed by atoms with Gasteiger partial charge in [0.15, 0.2) is 11.5 Å². The fraction of sp³-hybridized carbons (Fsp3) is 0.462. The van der Waals surface area contributed by atoms with Crippen LogP contribution in [0.15, 0.2) is 18.2 Å². The second-order valence-corrected chi connectivity index (χ2v) is 3.82. The molecule has 0 aliphatic carbocycles. The summed E-state index contributed by atoms with van der Waals surface area (Å²) in [5.41, 5.74) is 0.493. The topological polar surface area (TPSA) is 47.6 Å². The standard InChI is InChI=1S/C13H19NO3/c1-5-9(2)14-13(15)10-7-6-8-11(16-3)12(10)17-4/h6-9H,5H2,1-4H3,(H,14,15). The number of ether oxygens (including phenoxy) is 2. The molecule has 17 heavy (non-hydrogen) atoms. The lowest BCUT2D eigenvalue weighted by Crippen LogP contribution is -2.32. The van der Waals surface area contributed by atoms with Crippen molar-refractivity contribution in [2.24, 2.45) is 0 Å². The number of methoxy groups -OCH3 is 2. The number of amides is 1. The van der Waals surface area contributed by atoms with Crippen LogP contribution in [0.4, 0.5) is 0 Å². The van der Waals surface area contributed by atoms with E-state index >= 15 is 0 Å². The molecule has 0 aromatic heterocycles. The Morgan fingerprint density at radius 1 is 1.35 bits per heavy atom. The SMILES string of the molecule is CCC(C)NC(=O)c1cccc(OC)c1OC. The molecule has 94 valence electrons. The number of hydrogen-bond acceptors (Lipinski definition) is 3. The Hall–Kier alpha value is -1.71. The number of carbonyl (C=O) groups is 1. The van der Waals surface area contributed by atoms with Crippen LogP contribution in [0.5, 0.6) is 11.5 Å². The molecular weight excluding hydrogens is 218 g/mol. The zero-order chi connectivity index (χ0) is 12.8. The highest BCUT2D eigenvalue weighted by Gasteiger charge is 2.17. The fourth-order valence-corrected chi connectivity index (χ4v) is 1.47. The maximum absolute atomic E-state index is 12.0. The molecule has 0 fully saturated rings. The highest BCUT2D eigenvalue weighted by Crippen LogP contribution is 2.30. The van der Waals surface area contributed by atoms with Crippen LogP contribution in [0.2, 0.25) is 0 Å². The molecule has 0 aliphatic heterocycles. The van der Waals surface area contributed by atoms with Crippen molar-refractivity contribution >= 4 is 5.91 Å². The molecular formula is C13H19NO3. The van der Waals surface area contributed by atoms with Crippen LogP contribution < -0.4 is 14.8 Å². The lowest BCUT2D eigenvalue weighted by molar-refractivity contribution is 0.0935. The van der Waals surface area contributed by atoms with E-state index in [0.717, 1.165) is 6.42 Å². The van der Waals surface area contributed by atoms with Crippen molar-refractivity contribution in [3.8, 4) is 11.5 Å². The number of hydrogen-bond donors (Lipinski definition) is 1. The summed E-state index contributed by atoms with van der Waals surface area (Å²) in [6.07, 6.45) is 0.887. The molecule has 1 rings (SSSR count). The summed E-state index contributed by atoms with van der Waals surface area (Å²) < 4.78 is 10.4. The quantitative estimate of drug-likeness (QED) is 0.854. The first-order valence-corrected chi connectivity index (χ1v) is 5.65. The van der Waals surface area contributed by atoms with Gasteiger partial charge in [-0.1, -0.05) is 13.0 Å². The molecule has 0 bridgehead atoms. The Labute approximate surface area is 102 Å². The highest BCUT2D eigenvalue weighted by atomic mass is 16.5. The molecule has 1 N–H and O–H groups in total. The Balaban J connectivity index is 3.00. The van der Waals surface area contributed by atoms with Gasteiger partial charge >= 0.3 is 0 Å². The Morgan fingerprint density at radius 2 is 2.06 bits per heavy atom. The number of rotatable bonds is 5. The van der Waals surface area contributed by atoms with Crippen molar-refractivity contribution in [2.45, 2.75) is 26.3 Å². The predicted molar refractivity (Wildman–Crippen MR) is 66.8 cm³/mol. The van der Waals surface area contributed by atoms with Gasteiger partial charge in [0, 0.05) is 6.04 Å². The summed E-state index contributed by atoms with van der Waals surface area (Å²) in [4.78, 5) is 12.0. The molecule has 4 heteroatoms. The van der Waals surface area contributed by atoms with Crippen LogP contribution >= 0.6 is 0 Å². The predicted octanol–water partition coefficient (Wildman–Crippen LogP) is 2.23. The molecule has 1 amide bonds. The van der Waals surface area contributed by atoms with E-state index in [1.165, 1.54) is 7.11 Å². The van der Waals surface area contributed by atoms with Gasteiger partial charge in [0.25, 0.3) is 5.91 Å². The zero-order valence-corrected chi connectivity index (χ0v) is 10.7. The van der Waals surface area contributed by atoms with E-state index in [1.54, 1.807) is 25.3 Å². The molecule has 4 nitrogen and oxygen atoms in total. The average molecular weight is 237 g/mol. The number of carbonyl (C=O) groups excluding carboxylic acids is 1. The number of nitrogens with one attached hydrogen (secondary N) is 1. The minimum atomic E-state index is -0.143. The Bertz CT molecular complexity index is 390. The molecule has 0 radical (unpaired) electrons. The van der Waals surface area contributed by atoms with Gasteiger partial charge in [-0.15, -0.1) is 0 Å². The molecule has 1 aromatic carbocycles. The third kappa shape index (κ3) is 3.12. The van der Waals surface area contributed by atoms with E-state index in [1.807, 2.05) is 13.8 Å². The lowest BCUT2D eigenvalue weighted by atomic mass is 10.1. The Kier molecular flexibility index (Phi) is 4.82. The minimum Gasteiger partial charge on any atom is -0.493 e. The van der Waals surface area contributed by atoms with E-state index in [-0.39, 0.29) is 11.9 Å². The van der Waals surface area contributed by atoms with Crippen LogP contribution in [-0.2, 0) is 0 Å². The first kappa shape index (κ1) is 13.4. The van der Waals surface area contributed by atoms with E-state index < -0.39 is 0 Å². The molecule has 0 saturated carbocycles. The molecule has 1 unspecified atom stereocenters. The second kappa shape index (κ2) is 6.13. The molecule has 1 aromatic rings. The van der Waals surface area contributed by atoms with Crippen LogP contribution in [0.1, 0.15) is 30.6 Å². The molecule has 0 aliphatic rings. The van der Waals surface area contributed by atoms with Gasteiger partial charge in [-0.25, -0.2) is 0 Å². The number of benzene rings is 1. The second-order valence-electron chi connectivity index (χ2n) is 3.82. The van der Waals surface area contributed by atoms with Crippen molar-refractivity contribution < 1.29 is 14.3 Å². The molecule has 0 saturated heterocycles. The summed E-state index contributed by atoms with van der Waals surface area (Å²) in [5, 5.41) is 2.90. The number of para-hydroxylation sites is 1. The van der Waals surface area contributed by atoms with Gasteiger partial charge in [-0.05, 0) is 25.5 Å². The van der Waals surface area contributed by atoms with Gasteiger partial charge in [0.1, 0.15) is 0 Å².